The van der Waals surface area contributed by atoms with Crippen LogP contribution in [-0.2, 0) is 15.1 Å². The highest BCUT2D eigenvalue weighted by Gasteiger charge is 2.69. The number of para-hydroxylation sites is 1. The zero-order chi connectivity index (χ0) is 30.2. The summed E-state index contributed by atoms with van der Waals surface area (Å²) in [7, 11) is 1.55. The Bertz CT molecular complexity index is 1620. The Balaban J connectivity index is 1.83. The molecule has 0 bridgehead atoms. The number of amides is 2. The van der Waals surface area contributed by atoms with Crippen LogP contribution in [0.4, 0.5) is 10.5 Å². The van der Waals surface area contributed by atoms with Crippen molar-refractivity contribution in [1.82, 2.24) is 5.06 Å². The second-order valence-corrected chi connectivity index (χ2v) is 11.2. The van der Waals surface area contributed by atoms with Gasteiger partial charge in [0.1, 0.15) is 29.1 Å². The van der Waals surface area contributed by atoms with Crippen molar-refractivity contribution >= 4 is 17.7 Å². The van der Waals surface area contributed by atoms with Gasteiger partial charge in [-0.05, 0) is 56.2 Å². The highest BCUT2D eigenvalue weighted by molar-refractivity contribution is 6.21. The normalized spacial score (nSPS) is 23.2. The van der Waals surface area contributed by atoms with Crippen molar-refractivity contribution < 1.29 is 24.3 Å². The Morgan fingerprint density at radius 2 is 1.57 bits per heavy atom. The summed E-state index contributed by atoms with van der Waals surface area (Å²) in [5.74, 6) is -1.73. The standard InChI is InChI=1S/C33H30N4O5/c1-32(2,3)42-31(39)36-27-13-9-8-12-25(27)33(30(36)38)26(18-21(19-34)20-35)28(22-14-16-24(41-4)17-15-22)29(37(33)40)23-10-6-5-7-11-23/h5-18,26,28-29,40H,1-4H3/t26-,28-,29+,33-/m1/s1. The van der Waals surface area contributed by atoms with Crippen LogP contribution in [-0.4, -0.2) is 35.0 Å². The lowest BCUT2D eigenvalue weighted by molar-refractivity contribution is -0.189. The van der Waals surface area contributed by atoms with Gasteiger partial charge in [0.05, 0.1) is 18.8 Å². The Morgan fingerprint density at radius 1 is 0.952 bits per heavy atom. The van der Waals surface area contributed by atoms with Gasteiger partial charge in [0.2, 0.25) is 0 Å². The van der Waals surface area contributed by atoms with Gasteiger partial charge in [-0.1, -0.05) is 60.7 Å². The average Bonchev–Trinajstić information content (AvgIpc) is 3.39. The molecule has 0 aromatic heterocycles. The summed E-state index contributed by atoms with van der Waals surface area (Å²) in [6.45, 7) is 5.09. The van der Waals surface area contributed by atoms with Gasteiger partial charge in [0, 0.05) is 17.4 Å². The molecular formula is C33H30N4O5. The van der Waals surface area contributed by atoms with Crippen LogP contribution in [0, 0.1) is 28.6 Å². The number of nitrogens with zero attached hydrogens (tertiary/aromatic N) is 4. The summed E-state index contributed by atoms with van der Waals surface area (Å²) < 4.78 is 11.0. The number of hydrogen-bond acceptors (Lipinski definition) is 8. The van der Waals surface area contributed by atoms with Gasteiger partial charge < -0.3 is 14.7 Å². The van der Waals surface area contributed by atoms with Gasteiger partial charge in [0.25, 0.3) is 5.91 Å². The second kappa shape index (κ2) is 10.8. The van der Waals surface area contributed by atoms with Crippen LogP contribution in [0.5, 0.6) is 5.75 Å². The molecule has 5 rings (SSSR count). The van der Waals surface area contributed by atoms with Gasteiger partial charge in [-0.3, -0.25) is 4.79 Å². The Morgan fingerprint density at radius 3 is 2.17 bits per heavy atom. The Kier molecular flexibility index (Phi) is 7.34. The van der Waals surface area contributed by atoms with Gasteiger partial charge in [-0.25, -0.2) is 9.69 Å². The molecule has 1 saturated heterocycles. The lowest BCUT2D eigenvalue weighted by Crippen LogP contribution is -2.53. The molecule has 1 spiro atoms. The molecule has 9 heteroatoms. The minimum Gasteiger partial charge on any atom is -0.497 e. The third-order valence-corrected chi connectivity index (χ3v) is 7.72. The third-order valence-electron chi connectivity index (χ3n) is 7.72. The number of fused-ring (bicyclic) bond motifs is 2. The summed E-state index contributed by atoms with van der Waals surface area (Å²) >= 11 is 0. The number of ether oxygens (including phenoxy) is 2. The maximum absolute atomic E-state index is 14.8. The molecule has 3 aromatic rings. The van der Waals surface area contributed by atoms with Crippen molar-refractivity contribution in [2.45, 2.75) is 43.9 Å². The van der Waals surface area contributed by atoms with Crippen LogP contribution in [0.15, 0.2) is 90.5 Å². The number of methoxy groups -OCH3 is 1. The van der Waals surface area contributed by atoms with E-state index in [9.17, 15) is 25.3 Å². The summed E-state index contributed by atoms with van der Waals surface area (Å²) in [5, 5.41) is 32.9. The maximum atomic E-state index is 14.8. The number of carbonyl (C=O) groups is 2. The minimum atomic E-state index is -1.88. The molecule has 0 aliphatic carbocycles. The van der Waals surface area contributed by atoms with E-state index in [1.807, 2.05) is 54.6 Å². The summed E-state index contributed by atoms with van der Waals surface area (Å²) in [6, 6.07) is 26.1. The fourth-order valence-corrected chi connectivity index (χ4v) is 6.12. The fraction of sp³-hybridized carbons (Fsp3) is 0.273. The first-order chi connectivity index (χ1) is 20.1. The second-order valence-electron chi connectivity index (χ2n) is 11.2. The molecule has 42 heavy (non-hydrogen) atoms. The predicted molar refractivity (Wildman–Crippen MR) is 153 cm³/mol. The molecule has 0 saturated carbocycles. The molecule has 1 fully saturated rings. The number of hydroxylamine groups is 2. The molecule has 0 radical (unpaired) electrons. The summed E-state index contributed by atoms with van der Waals surface area (Å²) in [6.07, 6.45) is 0.548. The first-order valence-corrected chi connectivity index (χ1v) is 13.4. The number of anilines is 1. The number of imide groups is 1. The van der Waals surface area contributed by atoms with Crippen LogP contribution in [0.2, 0.25) is 0 Å². The van der Waals surface area contributed by atoms with Crippen LogP contribution in [0.25, 0.3) is 0 Å². The molecule has 1 N–H and O–H groups in total. The largest absolute Gasteiger partial charge is 0.497 e. The summed E-state index contributed by atoms with van der Waals surface area (Å²) in [4.78, 5) is 29.2. The number of allylic oxidation sites excluding steroid dienone is 1. The molecule has 2 amide bonds. The maximum Gasteiger partial charge on any atom is 0.421 e. The molecule has 2 aliphatic rings. The summed E-state index contributed by atoms with van der Waals surface area (Å²) in [5.41, 5.74) is -0.948. The SMILES string of the molecule is COc1ccc([C@@H]2[C@@H](C=C(C#N)C#N)[C@]3(C(=O)N(C(=O)OC(C)(C)C)c4ccccc43)N(O)[C@H]2c2ccccc2)cc1. The average molecular weight is 563 g/mol. The van der Waals surface area contributed by atoms with Crippen LogP contribution in [0.3, 0.4) is 0 Å². The number of hydrogen-bond donors (Lipinski definition) is 1. The van der Waals surface area contributed by atoms with E-state index in [0.717, 1.165) is 15.5 Å². The van der Waals surface area contributed by atoms with Crippen LogP contribution in [0.1, 0.15) is 49.4 Å². The zero-order valence-corrected chi connectivity index (χ0v) is 23.7. The van der Waals surface area contributed by atoms with Crippen molar-refractivity contribution in [2.75, 3.05) is 12.0 Å². The minimum absolute atomic E-state index is 0.221. The molecule has 2 aliphatic heterocycles. The number of benzene rings is 3. The van der Waals surface area contributed by atoms with E-state index in [1.54, 1.807) is 64.3 Å². The molecule has 0 unspecified atom stereocenters. The molecular weight excluding hydrogens is 532 g/mol. The lowest BCUT2D eigenvalue weighted by atomic mass is 9.71. The van der Waals surface area contributed by atoms with E-state index >= 15 is 0 Å². The molecule has 9 nitrogen and oxygen atoms in total. The van der Waals surface area contributed by atoms with Gasteiger partial charge >= 0.3 is 6.09 Å². The van der Waals surface area contributed by atoms with E-state index in [4.69, 9.17) is 9.47 Å². The van der Waals surface area contributed by atoms with E-state index < -0.39 is 41.0 Å². The van der Waals surface area contributed by atoms with Crippen molar-refractivity contribution in [3.8, 4) is 17.9 Å². The number of nitriles is 2. The molecule has 212 valence electrons. The van der Waals surface area contributed by atoms with Crippen molar-refractivity contribution in [3.63, 3.8) is 0 Å². The van der Waals surface area contributed by atoms with Gasteiger partial charge in [-0.2, -0.15) is 15.6 Å². The number of rotatable bonds is 4. The van der Waals surface area contributed by atoms with E-state index in [0.29, 0.717) is 16.9 Å². The molecule has 3 aromatic carbocycles. The predicted octanol–water partition coefficient (Wildman–Crippen LogP) is 5.99. The monoisotopic (exact) mass is 562 g/mol. The number of carbonyl (C=O) groups excluding carboxylic acids is 2. The van der Waals surface area contributed by atoms with Crippen LogP contribution < -0.4 is 9.64 Å². The highest BCUT2D eigenvalue weighted by Crippen LogP contribution is 2.63. The molecule has 4 atom stereocenters. The van der Waals surface area contributed by atoms with Gasteiger partial charge in [-0.15, -0.1) is 0 Å². The van der Waals surface area contributed by atoms with Crippen molar-refractivity contribution in [1.29, 1.82) is 10.5 Å². The van der Waals surface area contributed by atoms with E-state index in [2.05, 4.69) is 0 Å². The Labute approximate surface area is 244 Å². The first-order valence-electron chi connectivity index (χ1n) is 13.4. The van der Waals surface area contributed by atoms with Crippen LogP contribution >= 0.6 is 0 Å². The lowest BCUT2D eigenvalue weighted by Gasteiger charge is -2.35. The zero-order valence-electron chi connectivity index (χ0n) is 23.7. The Hall–Kier alpha value is -4.96. The van der Waals surface area contributed by atoms with Gasteiger partial charge in [0.15, 0.2) is 5.54 Å². The fourth-order valence-electron chi connectivity index (χ4n) is 6.12. The molecule has 2 heterocycles. The van der Waals surface area contributed by atoms with E-state index in [1.165, 1.54) is 6.08 Å². The quantitative estimate of drug-likeness (QED) is 0.384. The third kappa shape index (κ3) is 4.50. The topological polar surface area (TPSA) is 127 Å². The van der Waals surface area contributed by atoms with Crippen molar-refractivity contribution in [3.05, 3.63) is 107 Å². The smallest absolute Gasteiger partial charge is 0.421 e. The van der Waals surface area contributed by atoms with E-state index in [-0.39, 0.29) is 11.3 Å². The highest BCUT2D eigenvalue weighted by atomic mass is 16.6. The van der Waals surface area contributed by atoms with Crippen molar-refractivity contribution in [2.24, 2.45) is 5.92 Å². The first kappa shape index (κ1) is 28.6.